The molecule has 0 spiro atoms. The zero-order valence-corrected chi connectivity index (χ0v) is 12.9. The van der Waals surface area contributed by atoms with E-state index < -0.39 is 0 Å². The van der Waals surface area contributed by atoms with E-state index in [0.717, 1.165) is 18.7 Å². The number of nitrogens with one attached hydrogen (secondary N) is 1. The summed E-state index contributed by atoms with van der Waals surface area (Å²) in [7, 11) is 3.27. The van der Waals surface area contributed by atoms with Gasteiger partial charge in [-0.25, -0.2) is 0 Å². The minimum atomic E-state index is 0.653. The normalized spacial score (nSPS) is 10.6. The van der Waals surface area contributed by atoms with Crippen LogP contribution in [0.2, 0.25) is 0 Å². The lowest BCUT2D eigenvalue weighted by Crippen LogP contribution is -2.14. The van der Waals surface area contributed by atoms with Gasteiger partial charge in [0.15, 0.2) is 11.5 Å². The Bertz CT molecular complexity index is 555. The van der Waals surface area contributed by atoms with Gasteiger partial charge in [-0.15, -0.1) is 11.3 Å². The molecule has 2 rings (SSSR count). The number of nitrogens with zero attached hydrogens (tertiary/aromatic N) is 1. The molecular formula is C15H20N2O2S. The number of rotatable bonds is 7. The monoisotopic (exact) mass is 292 g/mol. The van der Waals surface area contributed by atoms with Gasteiger partial charge in [-0.2, -0.15) is 0 Å². The predicted molar refractivity (Wildman–Crippen MR) is 81.6 cm³/mol. The number of methoxy groups -OCH3 is 2. The van der Waals surface area contributed by atoms with Crippen LogP contribution < -0.4 is 14.8 Å². The molecule has 1 N–H and O–H groups in total. The van der Waals surface area contributed by atoms with Crippen LogP contribution in [-0.4, -0.2) is 19.2 Å². The van der Waals surface area contributed by atoms with Gasteiger partial charge in [0.1, 0.15) is 0 Å². The van der Waals surface area contributed by atoms with Crippen LogP contribution in [-0.2, 0) is 19.5 Å². The molecule has 0 aliphatic carbocycles. The van der Waals surface area contributed by atoms with Crippen molar-refractivity contribution in [3.05, 3.63) is 39.8 Å². The molecule has 4 nitrogen and oxygen atoms in total. The molecular weight excluding hydrogens is 272 g/mol. The lowest BCUT2D eigenvalue weighted by molar-refractivity contribution is 0.348. The molecule has 0 aromatic carbocycles. The Hall–Kier alpha value is -1.59. The third-order valence-corrected chi connectivity index (χ3v) is 4.25. The minimum Gasteiger partial charge on any atom is -0.493 e. The Morgan fingerprint density at radius 3 is 2.55 bits per heavy atom. The molecule has 0 fully saturated rings. The number of aryl methyl sites for hydroxylation is 1. The standard InChI is InChI=1S/C15H20N2O2S/c1-4-11-5-6-12(20-11)9-16-10-13-15(19-3)14(18-2)7-8-17-13/h5-8,16H,4,9-10H2,1-3H3. The van der Waals surface area contributed by atoms with E-state index in [9.17, 15) is 0 Å². The number of thiophene rings is 1. The highest BCUT2D eigenvalue weighted by Gasteiger charge is 2.10. The average molecular weight is 292 g/mol. The molecule has 0 unspecified atom stereocenters. The molecule has 20 heavy (non-hydrogen) atoms. The summed E-state index contributed by atoms with van der Waals surface area (Å²) in [6.45, 7) is 3.67. The summed E-state index contributed by atoms with van der Waals surface area (Å²) in [6, 6.07) is 6.16. The van der Waals surface area contributed by atoms with E-state index in [0.29, 0.717) is 18.0 Å². The zero-order chi connectivity index (χ0) is 14.4. The third-order valence-electron chi connectivity index (χ3n) is 3.02. The molecule has 0 saturated heterocycles. The van der Waals surface area contributed by atoms with Crippen molar-refractivity contribution in [1.82, 2.24) is 10.3 Å². The summed E-state index contributed by atoms with van der Waals surface area (Å²) < 4.78 is 10.6. The number of hydrogen-bond acceptors (Lipinski definition) is 5. The van der Waals surface area contributed by atoms with Crippen molar-refractivity contribution >= 4 is 11.3 Å². The van der Waals surface area contributed by atoms with Crippen molar-refractivity contribution < 1.29 is 9.47 Å². The molecule has 0 amide bonds. The van der Waals surface area contributed by atoms with Gasteiger partial charge < -0.3 is 14.8 Å². The topological polar surface area (TPSA) is 43.4 Å². The summed E-state index contributed by atoms with van der Waals surface area (Å²) in [5.41, 5.74) is 0.860. The Morgan fingerprint density at radius 2 is 1.90 bits per heavy atom. The number of ether oxygens (including phenoxy) is 2. The molecule has 0 atom stereocenters. The molecule has 0 aliphatic heterocycles. The Morgan fingerprint density at radius 1 is 1.10 bits per heavy atom. The Labute approximate surface area is 123 Å². The van der Waals surface area contributed by atoms with E-state index in [1.807, 2.05) is 11.3 Å². The fraction of sp³-hybridized carbons (Fsp3) is 0.400. The van der Waals surface area contributed by atoms with Gasteiger partial charge in [0.25, 0.3) is 0 Å². The maximum atomic E-state index is 5.37. The van der Waals surface area contributed by atoms with Gasteiger partial charge in [0, 0.05) is 35.1 Å². The molecule has 0 radical (unpaired) electrons. The summed E-state index contributed by atoms with van der Waals surface area (Å²) in [5.74, 6) is 1.41. The second-order valence-corrected chi connectivity index (χ2v) is 5.57. The summed E-state index contributed by atoms with van der Waals surface area (Å²) in [5, 5.41) is 3.39. The molecule has 0 saturated carbocycles. The van der Waals surface area contributed by atoms with Crippen molar-refractivity contribution in [3.8, 4) is 11.5 Å². The Balaban J connectivity index is 1.97. The van der Waals surface area contributed by atoms with Gasteiger partial charge in [0.2, 0.25) is 0 Å². The van der Waals surface area contributed by atoms with E-state index in [2.05, 4.69) is 29.4 Å². The minimum absolute atomic E-state index is 0.653. The van der Waals surface area contributed by atoms with E-state index in [1.54, 1.807) is 26.5 Å². The van der Waals surface area contributed by atoms with Crippen molar-refractivity contribution in [2.75, 3.05) is 14.2 Å². The number of hydrogen-bond donors (Lipinski definition) is 1. The molecule has 108 valence electrons. The first-order valence-corrected chi connectivity index (χ1v) is 7.44. The smallest absolute Gasteiger partial charge is 0.183 e. The maximum absolute atomic E-state index is 5.37. The lowest BCUT2D eigenvalue weighted by atomic mass is 10.3. The van der Waals surface area contributed by atoms with Crippen LogP contribution in [0, 0.1) is 0 Å². The SMILES string of the molecule is CCc1ccc(CNCc2nccc(OC)c2OC)s1. The molecule has 0 aliphatic rings. The molecule has 2 aromatic heterocycles. The third kappa shape index (κ3) is 3.49. The van der Waals surface area contributed by atoms with E-state index >= 15 is 0 Å². The first kappa shape index (κ1) is 14.8. The van der Waals surface area contributed by atoms with Crippen molar-refractivity contribution in [2.24, 2.45) is 0 Å². The fourth-order valence-electron chi connectivity index (χ4n) is 1.99. The largest absolute Gasteiger partial charge is 0.493 e. The molecule has 0 bridgehead atoms. The van der Waals surface area contributed by atoms with E-state index in [4.69, 9.17) is 9.47 Å². The van der Waals surface area contributed by atoms with Gasteiger partial charge in [-0.1, -0.05) is 6.92 Å². The predicted octanol–water partition coefficient (Wildman–Crippen LogP) is 3.01. The molecule has 2 heterocycles. The highest BCUT2D eigenvalue weighted by atomic mass is 32.1. The van der Waals surface area contributed by atoms with Crippen LogP contribution in [0.5, 0.6) is 11.5 Å². The zero-order valence-electron chi connectivity index (χ0n) is 12.1. The summed E-state index contributed by atoms with van der Waals surface area (Å²) in [4.78, 5) is 7.10. The Kier molecular flexibility index (Phi) is 5.38. The van der Waals surface area contributed by atoms with Crippen LogP contribution in [0.25, 0.3) is 0 Å². The summed E-state index contributed by atoms with van der Waals surface area (Å²) >= 11 is 1.85. The van der Waals surface area contributed by atoms with Crippen LogP contribution in [0.1, 0.15) is 22.4 Å². The van der Waals surface area contributed by atoms with Crippen LogP contribution >= 0.6 is 11.3 Å². The second kappa shape index (κ2) is 7.26. The van der Waals surface area contributed by atoms with Crippen LogP contribution in [0.3, 0.4) is 0 Å². The van der Waals surface area contributed by atoms with Gasteiger partial charge in [0.05, 0.1) is 19.9 Å². The maximum Gasteiger partial charge on any atom is 0.183 e. The van der Waals surface area contributed by atoms with Crippen molar-refractivity contribution in [1.29, 1.82) is 0 Å². The number of pyridine rings is 1. The van der Waals surface area contributed by atoms with Crippen LogP contribution in [0.4, 0.5) is 0 Å². The van der Waals surface area contributed by atoms with Gasteiger partial charge in [-0.3, -0.25) is 4.98 Å². The summed E-state index contributed by atoms with van der Waals surface area (Å²) in [6.07, 6.45) is 2.83. The number of aromatic nitrogens is 1. The highest BCUT2D eigenvalue weighted by Crippen LogP contribution is 2.28. The van der Waals surface area contributed by atoms with Crippen LogP contribution in [0.15, 0.2) is 24.4 Å². The van der Waals surface area contributed by atoms with E-state index in [-0.39, 0.29) is 0 Å². The average Bonchev–Trinajstić information content (AvgIpc) is 2.94. The van der Waals surface area contributed by atoms with Gasteiger partial charge >= 0.3 is 0 Å². The van der Waals surface area contributed by atoms with Crippen molar-refractivity contribution in [3.63, 3.8) is 0 Å². The first-order chi connectivity index (χ1) is 9.78. The quantitative estimate of drug-likeness (QED) is 0.852. The van der Waals surface area contributed by atoms with E-state index in [1.165, 1.54) is 9.75 Å². The molecule has 5 heteroatoms. The second-order valence-electron chi connectivity index (χ2n) is 4.32. The van der Waals surface area contributed by atoms with Crippen molar-refractivity contribution in [2.45, 2.75) is 26.4 Å². The first-order valence-electron chi connectivity index (χ1n) is 6.62. The highest BCUT2D eigenvalue weighted by molar-refractivity contribution is 7.11. The molecule has 2 aromatic rings. The van der Waals surface area contributed by atoms with Gasteiger partial charge in [-0.05, 0) is 18.6 Å². The lowest BCUT2D eigenvalue weighted by Gasteiger charge is -2.11. The fourth-order valence-corrected chi connectivity index (χ4v) is 2.92.